The van der Waals surface area contributed by atoms with Crippen LogP contribution in [0.15, 0.2) is 72.8 Å². The van der Waals surface area contributed by atoms with Crippen molar-refractivity contribution >= 4 is 5.91 Å². The molecule has 1 heterocycles. The van der Waals surface area contributed by atoms with E-state index in [9.17, 15) is 4.79 Å². The van der Waals surface area contributed by atoms with Gasteiger partial charge in [0.2, 0.25) is 5.91 Å². The van der Waals surface area contributed by atoms with Crippen molar-refractivity contribution in [2.24, 2.45) is 0 Å². The third-order valence-electron chi connectivity index (χ3n) is 5.17. The number of benzene rings is 3. The molecule has 5 rings (SSSR count). The molecule has 0 spiro atoms. The number of fused-ring (bicyclic) bond motifs is 4. The lowest BCUT2D eigenvalue weighted by atomic mass is 9.96. The lowest BCUT2D eigenvalue weighted by Gasteiger charge is -2.27. The molecule has 1 aliphatic carbocycles. The summed E-state index contributed by atoms with van der Waals surface area (Å²) >= 11 is 0. The van der Waals surface area contributed by atoms with Crippen molar-refractivity contribution < 1.29 is 14.3 Å². The van der Waals surface area contributed by atoms with Crippen LogP contribution in [-0.4, -0.2) is 25.2 Å². The zero-order chi connectivity index (χ0) is 18.2. The second-order valence-electron chi connectivity index (χ2n) is 6.85. The third-order valence-corrected chi connectivity index (χ3v) is 5.17. The highest BCUT2D eigenvalue weighted by Gasteiger charge is 2.33. The van der Waals surface area contributed by atoms with Gasteiger partial charge in [-0.15, -0.1) is 0 Å². The Morgan fingerprint density at radius 2 is 1.44 bits per heavy atom. The van der Waals surface area contributed by atoms with Gasteiger partial charge in [-0.05, 0) is 34.4 Å². The Morgan fingerprint density at radius 1 is 0.852 bits per heavy atom. The minimum Gasteiger partial charge on any atom is -0.486 e. The molecule has 0 bridgehead atoms. The van der Waals surface area contributed by atoms with Gasteiger partial charge in [-0.2, -0.15) is 0 Å². The van der Waals surface area contributed by atoms with Crippen LogP contribution in [0.1, 0.15) is 17.0 Å². The normalized spacial score (nSPS) is 17.1. The van der Waals surface area contributed by atoms with Crippen molar-refractivity contribution in [3.63, 3.8) is 0 Å². The van der Waals surface area contributed by atoms with Gasteiger partial charge in [-0.3, -0.25) is 4.79 Å². The summed E-state index contributed by atoms with van der Waals surface area (Å²) in [5.41, 5.74) is 4.39. The first kappa shape index (κ1) is 15.9. The van der Waals surface area contributed by atoms with Crippen LogP contribution in [0.4, 0.5) is 0 Å². The number of carbonyl (C=O) groups excluding carboxylic acids is 1. The number of hydrogen-bond acceptors (Lipinski definition) is 3. The fraction of sp³-hybridized carbons (Fsp3) is 0.174. The van der Waals surface area contributed by atoms with E-state index in [-0.39, 0.29) is 17.9 Å². The number of rotatable bonds is 3. The second-order valence-corrected chi connectivity index (χ2v) is 6.85. The summed E-state index contributed by atoms with van der Waals surface area (Å²) in [6.07, 6.45) is -0.198. The van der Waals surface area contributed by atoms with Crippen LogP contribution in [0, 0.1) is 0 Å². The average molecular weight is 357 g/mol. The van der Waals surface area contributed by atoms with Crippen molar-refractivity contribution in [1.29, 1.82) is 0 Å². The van der Waals surface area contributed by atoms with E-state index in [1.165, 1.54) is 0 Å². The molecule has 4 heteroatoms. The van der Waals surface area contributed by atoms with Gasteiger partial charge < -0.3 is 14.8 Å². The molecule has 3 aromatic carbocycles. The smallest absolute Gasteiger partial charge is 0.232 e. The maximum absolute atomic E-state index is 13.1. The van der Waals surface area contributed by atoms with E-state index in [0.29, 0.717) is 13.2 Å². The molecule has 0 saturated heterocycles. The summed E-state index contributed by atoms with van der Waals surface area (Å²) in [6.45, 7) is 0.836. The largest absolute Gasteiger partial charge is 0.486 e. The van der Waals surface area contributed by atoms with Gasteiger partial charge in [0, 0.05) is 0 Å². The number of hydrogen-bond donors (Lipinski definition) is 1. The number of ether oxygens (including phenoxy) is 2. The zero-order valence-corrected chi connectivity index (χ0v) is 14.7. The molecule has 2 aliphatic rings. The molecule has 1 atom stereocenters. The average Bonchev–Trinajstić information content (AvgIpc) is 3.06. The van der Waals surface area contributed by atoms with Gasteiger partial charge in [-0.25, -0.2) is 0 Å². The van der Waals surface area contributed by atoms with Crippen LogP contribution in [-0.2, 0) is 4.79 Å². The van der Waals surface area contributed by atoms with Crippen LogP contribution in [0.25, 0.3) is 11.1 Å². The van der Waals surface area contributed by atoms with E-state index in [1.54, 1.807) is 0 Å². The highest BCUT2D eigenvalue weighted by molar-refractivity contribution is 5.96. The number of para-hydroxylation sites is 2. The summed E-state index contributed by atoms with van der Waals surface area (Å²) in [4.78, 5) is 13.1. The first-order valence-corrected chi connectivity index (χ1v) is 9.15. The van der Waals surface area contributed by atoms with Crippen molar-refractivity contribution in [2.45, 2.75) is 12.0 Å². The summed E-state index contributed by atoms with van der Waals surface area (Å²) in [5, 5.41) is 3.06. The summed E-state index contributed by atoms with van der Waals surface area (Å²) in [6, 6.07) is 23.8. The van der Waals surface area contributed by atoms with Crippen molar-refractivity contribution in [3.8, 4) is 22.6 Å². The Hall–Kier alpha value is -3.27. The lowest BCUT2D eigenvalue weighted by Crippen LogP contribution is -2.42. The topological polar surface area (TPSA) is 47.6 Å². The second kappa shape index (κ2) is 6.47. The molecule has 1 aliphatic heterocycles. The van der Waals surface area contributed by atoms with E-state index in [4.69, 9.17) is 9.47 Å². The Morgan fingerprint density at radius 3 is 2.15 bits per heavy atom. The van der Waals surface area contributed by atoms with Crippen LogP contribution in [0.3, 0.4) is 0 Å². The van der Waals surface area contributed by atoms with Gasteiger partial charge in [-0.1, -0.05) is 60.7 Å². The molecule has 4 nitrogen and oxygen atoms in total. The number of nitrogens with one attached hydrogen (secondary N) is 1. The molecule has 1 N–H and O–H groups in total. The molecule has 27 heavy (non-hydrogen) atoms. The van der Waals surface area contributed by atoms with Crippen LogP contribution in [0.5, 0.6) is 11.5 Å². The Kier molecular flexibility index (Phi) is 3.82. The Labute approximate surface area is 157 Å². The van der Waals surface area contributed by atoms with E-state index < -0.39 is 0 Å². The molecular formula is C23H19NO3. The number of amides is 1. The first-order valence-electron chi connectivity index (χ1n) is 9.15. The van der Waals surface area contributed by atoms with Crippen molar-refractivity contribution in [1.82, 2.24) is 5.32 Å². The summed E-state index contributed by atoms with van der Waals surface area (Å²) < 4.78 is 11.7. The molecule has 0 saturated carbocycles. The fourth-order valence-electron chi connectivity index (χ4n) is 3.92. The Bertz CT molecular complexity index is 968. The molecule has 0 radical (unpaired) electrons. The SMILES string of the molecule is O=C(NC[C@@H]1COc2ccccc2O1)C1c2ccccc2-c2ccccc21. The van der Waals surface area contributed by atoms with Gasteiger partial charge in [0.1, 0.15) is 12.7 Å². The zero-order valence-electron chi connectivity index (χ0n) is 14.7. The van der Waals surface area contributed by atoms with E-state index in [1.807, 2.05) is 60.7 Å². The highest BCUT2D eigenvalue weighted by atomic mass is 16.6. The minimum absolute atomic E-state index is 0.00476. The monoisotopic (exact) mass is 357 g/mol. The van der Waals surface area contributed by atoms with Gasteiger partial charge in [0.05, 0.1) is 12.5 Å². The maximum Gasteiger partial charge on any atom is 0.232 e. The molecule has 1 amide bonds. The molecule has 0 unspecified atom stereocenters. The number of carbonyl (C=O) groups is 1. The maximum atomic E-state index is 13.1. The quantitative estimate of drug-likeness (QED) is 0.776. The van der Waals surface area contributed by atoms with E-state index in [0.717, 1.165) is 33.8 Å². The minimum atomic E-state index is -0.283. The highest BCUT2D eigenvalue weighted by Crippen LogP contribution is 2.44. The van der Waals surface area contributed by atoms with Crippen LogP contribution in [0.2, 0.25) is 0 Å². The molecular weight excluding hydrogens is 338 g/mol. The standard InChI is InChI=1S/C23H19NO3/c25-23(24-13-15-14-26-20-11-5-6-12-21(20)27-15)22-18-9-3-1-7-16(18)17-8-2-4-10-19(17)22/h1-12,15,22H,13-14H2,(H,24,25)/t15-/m1/s1. The Balaban J connectivity index is 1.34. The van der Waals surface area contributed by atoms with Crippen molar-refractivity contribution in [3.05, 3.63) is 83.9 Å². The summed E-state index contributed by atoms with van der Waals surface area (Å²) in [5.74, 6) is 1.18. The van der Waals surface area contributed by atoms with Crippen LogP contribution >= 0.6 is 0 Å². The van der Waals surface area contributed by atoms with Crippen molar-refractivity contribution in [2.75, 3.05) is 13.2 Å². The van der Waals surface area contributed by atoms with Gasteiger partial charge in [0.25, 0.3) is 0 Å². The summed E-state index contributed by atoms with van der Waals surface area (Å²) in [7, 11) is 0. The van der Waals surface area contributed by atoms with Gasteiger partial charge >= 0.3 is 0 Å². The molecule has 0 fully saturated rings. The predicted octanol–water partition coefficient (Wildman–Crippen LogP) is 3.76. The lowest BCUT2D eigenvalue weighted by molar-refractivity contribution is -0.122. The third kappa shape index (κ3) is 2.74. The van der Waals surface area contributed by atoms with Gasteiger partial charge in [0.15, 0.2) is 11.5 Å². The first-order chi connectivity index (χ1) is 13.3. The predicted molar refractivity (Wildman–Crippen MR) is 103 cm³/mol. The van der Waals surface area contributed by atoms with E-state index >= 15 is 0 Å². The fourth-order valence-corrected chi connectivity index (χ4v) is 3.92. The van der Waals surface area contributed by atoms with Crippen LogP contribution < -0.4 is 14.8 Å². The van der Waals surface area contributed by atoms with E-state index in [2.05, 4.69) is 17.4 Å². The molecule has 3 aromatic rings. The molecule has 0 aromatic heterocycles. The molecule has 134 valence electrons.